The lowest BCUT2D eigenvalue weighted by molar-refractivity contribution is -0.143. The van der Waals surface area contributed by atoms with Crippen LogP contribution >= 0.6 is 15.9 Å². The number of carbonyl (C=O) groups excluding carboxylic acids is 1. The summed E-state index contributed by atoms with van der Waals surface area (Å²) in [6.45, 7) is 1.27. The van der Waals surface area contributed by atoms with E-state index in [1.54, 1.807) is 0 Å². The molecule has 16 heavy (non-hydrogen) atoms. The van der Waals surface area contributed by atoms with Gasteiger partial charge in [-0.1, -0.05) is 0 Å². The molecule has 1 aromatic heterocycles. The van der Waals surface area contributed by atoms with Gasteiger partial charge in [0.25, 0.3) is 0 Å². The molecule has 8 heteroatoms. The highest BCUT2D eigenvalue weighted by atomic mass is 79.9. The molecule has 0 spiro atoms. The molecule has 0 amide bonds. The first-order chi connectivity index (χ1) is 7.30. The zero-order valence-corrected chi connectivity index (χ0v) is 9.80. The van der Waals surface area contributed by atoms with Gasteiger partial charge >= 0.3 is 12.1 Å². The van der Waals surface area contributed by atoms with Crippen LogP contribution in [0.5, 0.6) is 0 Å². The van der Waals surface area contributed by atoms with Crippen LogP contribution in [0.4, 0.5) is 13.2 Å². The zero-order valence-electron chi connectivity index (χ0n) is 8.21. The number of carbonyl (C=O) groups is 1. The topological polar surface area (TPSA) is 44.1 Å². The minimum Gasteiger partial charge on any atom is -0.464 e. The van der Waals surface area contributed by atoms with E-state index in [4.69, 9.17) is 0 Å². The highest BCUT2D eigenvalue weighted by molar-refractivity contribution is 9.10. The molecule has 0 aliphatic heterocycles. The summed E-state index contributed by atoms with van der Waals surface area (Å²) in [6.07, 6.45) is -4.48. The molecule has 0 aliphatic rings. The molecule has 0 radical (unpaired) electrons. The largest absolute Gasteiger partial charge is 0.464 e. The Kier molecular flexibility index (Phi) is 3.95. The van der Waals surface area contributed by atoms with Crippen molar-refractivity contribution in [1.29, 1.82) is 0 Å². The van der Waals surface area contributed by atoms with Crippen molar-refractivity contribution in [2.75, 3.05) is 6.61 Å². The quantitative estimate of drug-likeness (QED) is 0.804. The van der Waals surface area contributed by atoms with Gasteiger partial charge in [0.15, 0.2) is 5.69 Å². The number of halogens is 4. The van der Waals surface area contributed by atoms with Crippen molar-refractivity contribution in [3.8, 4) is 0 Å². The SMILES string of the molecule is CC(=O)OCCn1nc(C(F)(F)F)cc1Br. The van der Waals surface area contributed by atoms with Crippen molar-refractivity contribution in [1.82, 2.24) is 9.78 Å². The molecule has 0 saturated heterocycles. The highest BCUT2D eigenvalue weighted by Gasteiger charge is 2.34. The van der Waals surface area contributed by atoms with E-state index in [1.807, 2.05) is 0 Å². The molecule has 0 fully saturated rings. The van der Waals surface area contributed by atoms with Gasteiger partial charge in [-0.05, 0) is 15.9 Å². The third-order valence-electron chi connectivity index (χ3n) is 1.63. The van der Waals surface area contributed by atoms with Crippen molar-refractivity contribution < 1.29 is 22.7 Å². The highest BCUT2D eigenvalue weighted by Crippen LogP contribution is 2.29. The van der Waals surface area contributed by atoms with E-state index in [2.05, 4.69) is 25.8 Å². The summed E-state index contributed by atoms with van der Waals surface area (Å²) in [5.74, 6) is -0.487. The smallest absolute Gasteiger partial charge is 0.435 e. The van der Waals surface area contributed by atoms with Crippen LogP contribution in [-0.2, 0) is 22.3 Å². The first-order valence-corrected chi connectivity index (χ1v) is 5.04. The first-order valence-electron chi connectivity index (χ1n) is 4.24. The Hall–Kier alpha value is -1.05. The third kappa shape index (κ3) is 3.51. The lowest BCUT2D eigenvalue weighted by Gasteiger charge is -2.04. The molecule has 1 aromatic rings. The Morgan fingerprint density at radius 1 is 1.62 bits per heavy atom. The second kappa shape index (κ2) is 4.86. The summed E-state index contributed by atoms with van der Waals surface area (Å²) in [6, 6.07) is 0.869. The molecule has 0 unspecified atom stereocenters. The van der Waals surface area contributed by atoms with Crippen molar-refractivity contribution in [3.63, 3.8) is 0 Å². The number of hydrogen-bond acceptors (Lipinski definition) is 3. The first kappa shape index (κ1) is 13.0. The Balaban J connectivity index is 2.67. The predicted octanol–water partition coefficient (Wildman–Crippen LogP) is 2.23. The Morgan fingerprint density at radius 2 is 2.25 bits per heavy atom. The van der Waals surface area contributed by atoms with Gasteiger partial charge in [-0.25, -0.2) is 0 Å². The minimum absolute atomic E-state index is 0.0209. The Bertz CT molecular complexity index is 389. The van der Waals surface area contributed by atoms with Crippen molar-refractivity contribution in [2.45, 2.75) is 19.6 Å². The van der Waals surface area contributed by atoms with E-state index in [0.29, 0.717) is 0 Å². The maximum atomic E-state index is 12.2. The van der Waals surface area contributed by atoms with Crippen molar-refractivity contribution in [2.24, 2.45) is 0 Å². The number of ether oxygens (including phenoxy) is 1. The van der Waals surface area contributed by atoms with Crippen molar-refractivity contribution >= 4 is 21.9 Å². The summed E-state index contributed by atoms with van der Waals surface area (Å²) in [5, 5.41) is 3.33. The number of hydrogen-bond donors (Lipinski definition) is 0. The normalized spacial score (nSPS) is 11.6. The van der Waals surface area contributed by atoms with E-state index in [9.17, 15) is 18.0 Å². The molecule has 0 atom stereocenters. The summed E-state index contributed by atoms with van der Waals surface area (Å²) < 4.78 is 42.6. The predicted molar refractivity (Wildman–Crippen MR) is 51.6 cm³/mol. The van der Waals surface area contributed by atoms with E-state index in [0.717, 1.165) is 10.7 Å². The van der Waals surface area contributed by atoms with Gasteiger partial charge in [-0.3, -0.25) is 9.48 Å². The van der Waals surface area contributed by atoms with Gasteiger partial charge in [-0.15, -0.1) is 0 Å². The fourth-order valence-electron chi connectivity index (χ4n) is 0.965. The molecule has 0 aromatic carbocycles. The maximum absolute atomic E-state index is 12.2. The minimum atomic E-state index is -4.48. The molecule has 0 aliphatic carbocycles. The average molecular weight is 301 g/mol. The van der Waals surface area contributed by atoms with Gasteiger partial charge in [0.1, 0.15) is 11.2 Å². The van der Waals surface area contributed by atoms with Gasteiger partial charge in [0.2, 0.25) is 0 Å². The summed E-state index contributed by atoms with van der Waals surface area (Å²) in [4.78, 5) is 10.4. The zero-order chi connectivity index (χ0) is 12.3. The third-order valence-corrected chi connectivity index (χ3v) is 2.27. The molecular formula is C8H8BrF3N2O2. The summed E-state index contributed by atoms with van der Waals surface area (Å²) in [7, 11) is 0. The molecule has 0 saturated carbocycles. The number of nitrogens with zero attached hydrogens (tertiary/aromatic N) is 2. The number of alkyl halides is 3. The van der Waals surface area contributed by atoms with Gasteiger partial charge in [0.05, 0.1) is 6.54 Å². The fourth-order valence-corrected chi connectivity index (χ4v) is 1.44. The molecule has 1 rings (SSSR count). The second-order valence-electron chi connectivity index (χ2n) is 2.91. The summed E-state index contributed by atoms with van der Waals surface area (Å²) in [5.41, 5.74) is -0.984. The monoisotopic (exact) mass is 300 g/mol. The number of rotatable bonds is 3. The molecule has 90 valence electrons. The van der Waals surface area contributed by atoms with Gasteiger partial charge in [0, 0.05) is 13.0 Å². The van der Waals surface area contributed by atoms with E-state index in [-0.39, 0.29) is 17.8 Å². The Labute approximate surface area is 97.5 Å². The van der Waals surface area contributed by atoms with Crippen LogP contribution < -0.4 is 0 Å². The molecule has 0 N–H and O–H groups in total. The fraction of sp³-hybridized carbons (Fsp3) is 0.500. The summed E-state index contributed by atoms with van der Waals surface area (Å²) >= 11 is 2.94. The molecule has 1 heterocycles. The van der Waals surface area contributed by atoms with E-state index >= 15 is 0 Å². The van der Waals surface area contributed by atoms with Crippen LogP contribution in [0.25, 0.3) is 0 Å². The van der Waals surface area contributed by atoms with Crippen LogP contribution in [0.3, 0.4) is 0 Å². The van der Waals surface area contributed by atoms with Crippen LogP contribution in [0, 0.1) is 0 Å². The molecule has 4 nitrogen and oxygen atoms in total. The number of esters is 1. The van der Waals surface area contributed by atoms with Crippen LogP contribution in [0.1, 0.15) is 12.6 Å². The van der Waals surface area contributed by atoms with E-state index in [1.165, 1.54) is 6.92 Å². The van der Waals surface area contributed by atoms with E-state index < -0.39 is 17.8 Å². The number of aromatic nitrogens is 2. The average Bonchev–Trinajstić information content (AvgIpc) is 2.46. The van der Waals surface area contributed by atoms with Crippen LogP contribution in [-0.4, -0.2) is 22.4 Å². The second-order valence-corrected chi connectivity index (χ2v) is 3.73. The maximum Gasteiger partial charge on any atom is 0.435 e. The van der Waals surface area contributed by atoms with Crippen molar-refractivity contribution in [3.05, 3.63) is 16.4 Å². The lowest BCUT2D eigenvalue weighted by Crippen LogP contribution is -2.12. The standard InChI is InChI=1S/C8H8BrF3N2O2/c1-5(15)16-3-2-14-7(9)4-6(13-14)8(10,11)12/h4H,2-3H2,1H3. The Morgan fingerprint density at radius 3 is 2.69 bits per heavy atom. The molecular weight excluding hydrogens is 293 g/mol. The van der Waals surface area contributed by atoms with Crippen LogP contribution in [0.15, 0.2) is 10.7 Å². The van der Waals surface area contributed by atoms with Gasteiger partial charge < -0.3 is 4.74 Å². The van der Waals surface area contributed by atoms with Crippen LogP contribution in [0.2, 0.25) is 0 Å². The van der Waals surface area contributed by atoms with Gasteiger partial charge in [-0.2, -0.15) is 18.3 Å². The molecule has 0 bridgehead atoms. The lowest BCUT2D eigenvalue weighted by atomic mass is 10.4.